The number of hydrogen-bond donors (Lipinski definition) is 1. The van der Waals surface area contributed by atoms with E-state index in [1.165, 1.54) is 18.2 Å². The van der Waals surface area contributed by atoms with Crippen LogP contribution < -0.4 is 4.90 Å². The van der Waals surface area contributed by atoms with Gasteiger partial charge in [-0.2, -0.15) is 13.2 Å². The van der Waals surface area contributed by atoms with Crippen LogP contribution in [0.2, 0.25) is 0 Å². The lowest BCUT2D eigenvalue weighted by Gasteiger charge is -2.27. The predicted octanol–water partition coefficient (Wildman–Crippen LogP) is 5.78. The Morgan fingerprint density at radius 3 is 2.24 bits per heavy atom. The van der Waals surface area contributed by atoms with E-state index in [0.29, 0.717) is 11.1 Å². The molecule has 3 aromatic carbocycles. The summed E-state index contributed by atoms with van der Waals surface area (Å²) in [5, 5.41) is 10.9. The van der Waals surface area contributed by atoms with Gasteiger partial charge < -0.3 is 5.11 Å². The van der Waals surface area contributed by atoms with Crippen molar-refractivity contribution in [2.75, 3.05) is 4.90 Å². The molecule has 1 aliphatic heterocycles. The van der Waals surface area contributed by atoms with Crippen LogP contribution >= 0.6 is 0 Å². The maximum absolute atomic E-state index is 13.4. The van der Waals surface area contributed by atoms with Crippen LogP contribution in [0.1, 0.15) is 28.3 Å². The van der Waals surface area contributed by atoms with E-state index in [-0.39, 0.29) is 16.8 Å². The molecular formula is C25H17F4NO3. The summed E-state index contributed by atoms with van der Waals surface area (Å²) in [6.07, 6.45) is -4.66. The second-order valence-electron chi connectivity index (χ2n) is 7.58. The van der Waals surface area contributed by atoms with E-state index in [0.717, 1.165) is 35.2 Å². The molecule has 0 bridgehead atoms. The number of aryl methyl sites for hydroxylation is 1. The fourth-order valence-corrected chi connectivity index (χ4v) is 3.88. The van der Waals surface area contributed by atoms with Gasteiger partial charge in [0.2, 0.25) is 0 Å². The molecule has 0 aliphatic carbocycles. The molecule has 1 saturated heterocycles. The number of amides is 1. The minimum absolute atomic E-state index is 0.0945. The maximum Gasteiger partial charge on any atom is 0.416 e. The first-order chi connectivity index (χ1) is 15.6. The van der Waals surface area contributed by atoms with E-state index in [1.54, 1.807) is 31.2 Å². The van der Waals surface area contributed by atoms with Crippen molar-refractivity contribution in [2.24, 2.45) is 0 Å². The molecule has 0 aromatic heterocycles. The van der Waals surface area contributed by atoms with Gasteiger partial charge >= 0.3 is 6.18 Å². The molecule has 8 heteroatoms. The second kappa shape index (κ2) is 8.20. The van der Waals surface area contributed by atoms with E-state index >= 15 is 0 Å². The lowest BCUT2D eigenvalue weighted by molar-refractivity contribution is -0.137. The van der Waals surface area contributed by atoms with Crippen molar-refractivity contribution in [1.29, 1.82) is 0 Å². The number of rotatable bonds is 3. The van der Waals surface area contributed by atoms with Crippen LogP contribution in [0.25, 0.3) is 5.76 Å². The van der Waals surface area contributed by atoms with Crippen molar-refractivity contribution in [3.63, 3.8) is 0 Å². The third-order valence-electron chi connectivity index (χ3n) is 5.50. The van der Waals surface area contributed by atoms with E-state index in [4.69, 9.17) is 0 Å². The second-order valence-corrected chi connectivity index (χ2v) is 7.58. The summed E-state index contributed by atoms with van der Waals surface area (Å²) >= 11 is 0. The number of nitrogens with zero attached hydrogens (tertiary/aromatic N) is 1. The number of anilines is 1. The first kappa shape index (κ1) is 22.3. The first-order valence-electron chi connectivity index (χ1n) is 9.89. The summed E-state index contributed by atoms with van der Waals surface area (Å²) in [5.41, 5.74) is -0.207. The smallest absolute Gasteiger partial charge is 0.416 e. The fourth-order valence-electron chi connectivity index (χ4n) is 3.88. The lowest BCUT2D eigenvalue weighted by Crippen LogP contribution is -2.30. The summed E-state index contributed by atoms with van der Waals surface area (Å²) in [4.78, 5) is 27.0. The van der Waals surface area contributed by atoms with Crippen molar-refractivity contribution < 1.29 is 32.3 Å². The Bertz CT molecular complexity index is 1280. The number of ketones is 1. The van der Waals surface area contributed by atoms with Crippen LogP contribution in [0, 0.1) is 12.7 Å². The fraction of sp³-hybridized carbons (Fsp3) is 0.120. The molecule has 168 valence electrons. The molecule has 4 nitrogen and oxygen atoms in total. The monoisotopic (exact) mass is 455 g/mol. The summed E-state index contributed by atoms with van der Waals surface area (Å²) in [7, 11) is 0. The van der Waals surface area contributed by atoms with E-state index in [9.17, 15) is 32.3 Å². The molecule has 0 saturated carbocycles. The molecule has 3 aromatic rings. The van der Waals surface area contributed by atoms with Crippen LogP contribution in [-0.4, -0.2) is 16.8 Å². The molecule has 1 aliphatic rings. The molecule has 1 heterocycles. The van der Waals surface area contributed by atoms with E-state index in [1.807, 2.05) is 0 Å². The van der Waals surface area contributed by atoms with Crippen LogP contribution in [0.5, 0.6) is 0 Å². The first-order valence-corrected chi connectivity index (χ1v) is 9.89. The average molecular weight is 455 g/mol. The largest absolute Gasteiger partial charge is 0.507 e. The number of Topliss-reactive ketones (excluding diaryl/α,β-unsaturated/α-hetero) is 1. The van der Waals surface area contributed by atoms with E-state index in [2.05, 4.69) is 0 Å². The highest BCUT2D eigenvalue weighted by molar-refractivity contribution is 6.51. The summed E-state index contributed by atoms with van der Waals surface area (Å²) in [5.74, 6) is -3.24. The standard InChI is InChI=1S/C25H17F4NO3/c1-14-5-2-3-8-19(14)21-20(22(31)15-9-11-17(26)12-10-15)23(32)24(33)30(21)18-7-4-6-16(13-18)25(27,28)29/h2-13,21,31H,1H3/b22-20+. The Kier molecular flexibility index (Phi) is 5.53. The van der Waals surface area contributed by atoms with Gasteiger partial charge in [0, 0.05) is 11.3 Å². The zero-order valence-corrected chi connectivity index (χ0v) is 17.2. The van der Waals surface area contributed by atoms with Gasteiger partial charge in [0.05, 0.1) is 17.2 Å². The Hall–Kier alpha value is -3.94. The highest BCUT2D eigenvalue weighted by Crippen LogP contribution is 2.44. The van der Waals surface area contributed by atoms with Gasteiger partial charge in [-0.3, -0.25) is 14.5 Å². The van der Waals surface area contributed by atoms with Crippen molar-refractivity contribution in [3.8, 4) is 0 Å². The Labute approximate surface area is 186 Å². The van der Waals surface area contributed by atoms with Gasteiger partial charge in [-0.05, 0) is 60.5 Å². The van der Waals surface area contributed by atoms with Crippen LogP contribution in [0.15, 0.2) is 78.4 Å². The molecule has 1 fully saturated rings. The number of alkyl halides is 3. The normalized spacial score (nSPS) is 18.1. The number of aliphatic hydroxyl groups excluding tert-OH is 1. The van der Waals surface area contributed by atoms with Crippen LogP contribution in [-0.2, 0) is 15.8 Å². The minimum atomic E-state index is -4.66. The maximum atomic E-state index is 13.4. The molecule has 33 heavy (non-hydrogen) atoms. The Morgan fingerprint density at radius 1 is 0.939 bits per heavy atom. The molecule has 0 spiro atoms. The van der Waals surface area contributed by atoms with Crippen molar-refractivity contribution >= 4 is 23.1 Å². The van der Waals surface area contributed by atoms with Gasteiger partial charge in [-0.1, -0.05) is 30.3 Å². The van der Waals surface area contributed by atoms with Gasteiger partial charge in [-0.15, -0.1) is 0 Å². The molecule has 4 rings (SSSR count). The number of halogens is 4. The zero-order chi connectivity index (χ0) is 23.9. The molecular weight excluding hydrogens is 438 g/mol. The number of benzene rings is 3. The highest BCUT2D eigenvalue weighted by Gasteiger charge is 2.47. The lowest BCUT2D eigenvalue weighted by atomic mass is 9.92. The topological polar surface area (TPSA) is 57.6 Å². The number of carbonyl (C=O) groups excluding carboxylic acids is 2. The zero-order valence-electron chi connectivity index (χ0n) is 17.2. The van der Waals surface area contributed by atoms with Crippen molar-refractivity contribution in [1.82, 2.24) is 0 Å². The number of aliphatic hydroxyl groups is 1. The van der Waals surface area contributed by atoms with Gasteiger partial charge in [-0.25, -0.2) is 4.39 Å². The van der Waals surface area contributed by atoms with Crippen molar-refractivity contribution in [3.05, 3.63) is 106 Å². The van der Waals surface area contributed by atoms with Gasteiger partial charge in [0.25, 0.3) is 11.7 Å². The Balaban J connectivity index is 1.97. The van der Waals surface area contributed by atoms with Gasteiger partial charge in [0.15, 0.2) is 0 Å². The van der Waals surface area contributed by atoms with Crippen LogP contribution in [0.4, 0.5) is 23.2 Å². The predicted molar refractivity (Wildman–Crippen MR) is 114 cm³/mol. The molecule has 1 N–H and O–H groups in total. The third-order valence-corrected chi connectivity index (χ3v) is 5.50. The molecule has 1 amide bonds. The number of hydrogen-bond acceptors (Lipinski definition) is 3. The Morgan fingerprint density at radius 2 is 1.61 bits per heavy atom. The highest BCUT2D eigenvalue weighted by atomic mass is 19.4. The number of carbonyl (C=O) groups is 2. The summed E-state index contributed by atoms with van der Waals surface area (Å²) in [6, 6.07) is 14.3. The molecule has 1 atom stereocenters. The summed E-state index contributed by atoms with van der Waals surface area (Å²) in [6.45, 7) is 1.72. The minimum Gasteiger partial charge on any atom is -0.507 e. The molecule has 0 radical (unpaired) electrons. The SMILES string of the molecule is Cc1ccccc1C1/C(=C(\O)c2ccc(F)cc2)C(=O)C(=O)N1c1cccc(C(F)(F)F)c1. The summed E-state index contributed by atoms with van der Waals surface area (Å²) < 4.78 is 53.3. The third kappa shape index (κ3) is 4.00. The van der Waals surface area contributed by atoms with E-state index < -0.39 is 41.0 Å². The quantitative estimate of drug-likeness (QED) is 0.236. The van der Waals surface area contributed by atoms with Crippen LogP contribution in [0.3, 0.4) is 0 Å². The van der Waals surface area contributed by atoms with Gasteiger partial charge in [0.1, 0.15) is 11.6 Å². The average Bonchev–Trinajstić information content (AvgIpc) is 3.04. The van der Waals surface area contributed by atoms with Crippen molar-refractivity contribution in [2.45, 2.75) is 19.1 Å². The molecule has 1 unspecified atom stereocenters.